The van der Waals surface area contributed by atoms with Crippen molar-refractivity contribution in [2.75, 3.05) is 26.2 Å². The van der Waals surface area contributed by atoms with E-state index in [1.54, 1.807) is 6.20 Å². The Bertz CT molecular complexity index is 676. The summed E-state index contributed by atoms with van der Waals surface area (Å²) >= 11 is 0. The number of benzene rings is 1. The number of hydrogen-bond acceptors (Lipinski definition) is 4. The van der Waals surface area contributed by atoms with Crippen molar-refractivity contribution < 1.29 is 4.74 Å². The Kier molecular flexibility index (Phi) is 8.36. The number of nitrogens with one attached hydrogen (secondary N) is 1. The monoisotopic (exact) mass is 409 g/mol. The van der Waals surface area contributed by atoms with Gasteiger partial charge in [0.25, 0.3) is 0 Å². The van der Waals surface area contributed by atoms with Gasteiger partial charge in [0.05, 0.1) is 0 Å². The number of halogens is 2. The Balaban J connectivity index is 0.00000131. The van der Waals surface area contributed by atoms with Gasteiger partial charge in [0, 0.05) is 31.0 Å². The van der Waals surface area contributed by atoms with E-state index in [-0.39, 0.29) is 24.8 Å². The van der Waals surface area contributed by atoms with Crippen LogP contribution < -0.4 is 10.1 Å². The molecule has 0 aliphatic carbocycles. The van der Waals surface area contributed by atoms with Gasteiger partial charge in [-0.05, 0) is 68.1 Å². The lowest BCUT2D eigenvalue weighted by atomic mass is 9.78. The van der Waals surface area contributed by atoms with E-state index in [0.717, 1.165) is 17.9 Å². The van der Waals surface area contributed by atoms with Gasteiger partial charge in [-0.25, -0.2) is 0 Å². The number of nitrogens with zero attached hydrogens (tertiary/aromatic N) is 2. The predicted molar refractivity (Wildman–Crippen MR) is 114 cm³/mol. The standard InChI is InChI=1S/C21H27N3O.2ClH/c1-2-19(14-23-10-1)16-25-20-5-3-18(4-6-20)15-24-13-9-21(17-24)7-11-22-12-8-21;;/h1-6,10,14,22H,7-9,11-13,15-17H2;2*1H. The van der Waals surface area contributed by atoms with Crippen molar-refractivity contribution in [3.63, 3.8) is 0 Å². The molecule has 2 fully saturated rings. The molecule has 148 valence electrons. The highest BCUT2D eigenvalue weighted by Gasteiger charge is 2.38. The molecule has 0 radical (unpaired) electrons. The molecule has 6 heteroatoms. The zero-order chi connectivity index (χ0) is 17.0. The van der Waals surface area contributed by atoms with E-state index in [4.69, 9.17) is 4.74 Å². The SMILES string of the molecule is Cl.Cl.c1cncc(COc2ccc(CN3CCC4(CCNCC4)C3)cc2)c1. The molecule has 2 aliphatic rings. The third-order valence-electron chi connectivity index (χ3n) is 5.64. The summed E-state index contributed by atoms with van der Waals surface area (Å²) in [5.74, 6) is 0.920. The molecule has 0 bridgehead atoms. The Morgan fingerprint density at radius 3 is 2.48 bits per heavy atom. The predicted octanol–water partition coefficient (Wildman–Crippen LogP) is 4.08. The summed E-state index contributed by atoms with van der Waals surface area (Å²) < 4.78 is 5.85. The summed E-state index contributed by atoms with van der Waals surface area (Å²) in [6.07, 6.45) is 7.67. The normalized spacial score (nSPS) is 18.5. The Morgan fingerprint density at radius 2 is 1.78 bits per heavy atom. The molecule has 2 aliphatic heterocycles. The summed E-state index contributed by atoms with van der Waals surface area (Å²) in [6, 6.07) is 12.5. The second kappa shape index (κ2) is 10.3. The van der Waals surface area contributed by atoms with Gasteiger partial charge in [0.15, 0.2) is 0 Å². The number of hydrogen-bond donors (Lipinski definition) is 1. The largest absolute Gasteiger partial charge is 0.489 e. The number of piperidine rings is 1. The van der Waals surface area contributed by atoms with Gasteiger partial charge in [-0.15, -0.1) is 24.8 Å². The molecule has 0 atom stereocenters. The highest BCUT2D eigenvalue weighted by Crippen LogP contribution is 2.39. The van der Waals surface area contributed by atoms with Crippen LogP contribution in [0.1, 0.15) is 30.4 Å². The molecule has 0 amide bonds. The summed E-state index contributed by atoms with van der Waals surface area (Å²) in [5, 5.41) is 3.49. The maximum Gasteiger partial charge on any atom is 0.119 e. The van der Waals surface area contributed by atoms with E-state index in [9.17, 15) is 0 Å². The summed E-state index contributed by atoms with van der Waals surface area (Å²) in [6.45, 7) is 6.49. The number of pyridine rings is 1. The third-order valence-corrected chi connectivity index (χ3v) is 5.64. The first-order chi connectivity index (χ1) is 12.3. The first-order valence-corrected chi connectivity index (χ1v) is 9.35. The van der Waals surface area contributed by atoms with E-state index in [1.807, 2.05) is 18.3 Å². The summed E-state index contributed by atoms with van der Waals surface area (Å²) in [7, 11) is 0. The molecular formula is C21H29Cl2N3O. The van der Waals surface area contributed by atoms with Crippen molar-refractivity contribution in [3.8, 4) is 5.75 Å². The molecule has 1 aromatic heterocycles. The molecule has 1 spiro atoms. The van der Waals surface area contributed by atoms with Crippen LogP contribution in [0.4, 0.5) is 0 Å². The van der Waals surface area contributed by atoms with Crippen molar-refractivity contribution in [2.24, 2.45) is 5.41 Å². The average molecular weight is 410 g/mol. The van der Waals surface area contributed by atoms with E-state index in [2.05, 4.69) is 39.5 Å². The molecule has 4 nitrogen and oxygen atoms in total. The number of aromatic nitrogens is 1. The Labute approximate surface area is 174 Å². The summed E-state index contributed by atoms with van der Waals surface area (Å²) in [4.78, 5) is 6.74. The quantitative estimate of drug-likeness (QED) is 0.806. The molecule has 2 saturated heterocycles. The smallest absolute Gasteiger partial charge is 0.119 e. The first kappa shape index (κ1) is 22.0. The van der Waals surface area contributed by atoms with Gasteiger partial charge in [-0.3, -0.25) is 9.88 Å². The Hall–Kier alpha value is -1.33. The number of ether oxygens (including phenoxy) is 1. The van der Waals surface area contributed by atoms with Gasteiger partial charge in [0.2, 0.25) is 0 Å². The molecular weight excluding hydrogens is 381 g/mol. The zero-order valence-corrected chi connectivity index (χ0v) is 17.2. The minimum atomic E-state index is 0. The second-order valence-corrected chi connectivity index (χ2v) is 7.50. The van der Waals surface area contributed by atoms with Gasteiger partial charge in [-0.1, -0.05) is 18.2 Å². The molecule has 27 heavy (non-hydrogen) atoms. The van der Waals surface area contributed by atoms with Gasteiger partial charge in [0.1, 0.15) is 12.4 Å². The van der Waals surface area contributed by atoms with Gasteiger partial charge >= 0.3 is 0 Å². The molecule has 4 rings (SSSR count). The van der Waals surface area contributed by atoms with Crippen molar-refractivity contribution in [3.05, 3.63) is 59.9 Å². The topological polar surface area (TPSA) is 37.4 Å². The van der Waals surface area contributed by atoms with Crippen LogP contribution in [0.3, 0.4) is 0 Å². The van der Waals surface area contributed by atoms with E-state index in [1.165, 1.54) is 51.0 Å². The van der Waals surface area contributed by atoms with Crippen molar-refractivity contribution in [1.29, 1.82) is 0 Å². The van der Waals surface area contributed by atoms with Crippen LogP contribution in [0.15, 0.2) is 48.8 Å². The highest BCUT2D eigenvalue weighted by molar-refractivity contribution is 5.85. The number of rotatable bonds is 5. The van der Waals surface area contributed by atoms with E-state index >= 15 is 0 Å². The molecule has 1 N–H and O–H groups in total. The Morgan fingerprint density at radius 1 is 1.00 bits per heavy atom. The minimum absolute atomic E-state index is 0. The van der Waals surface area contributed by atoms with Crippen LogP contribution >= 0.6 is 24.8 Å². The lowest BCUT2D eigenvalue weighted by Crippen LogP contribution is -2.38. The third kappa shape index (κ3) is 5.82. The molecule has 1 aromatic carbocycles. The first-order valence-electron chi connectivity index (χ1n) is 9.35. The average Bonchev–Trinajstić information content (AvgIpc) is 3.04. The molecule has 2 aromatic rings. The van der Waals surface area contributed by atoms with Crippen LogP contribution in [0.5, 0.6) is 5.75 Å². The van der Waals surface area contributed by atoms with Gasteiger partial charge in [-0.2, -0.15) is 0 Å². The van der Waals surface area contributed by atoms with Crippen LogP contribution in [-0.2, 0) is 13.2 Å². The fraction of sp³-hybridized carbons (Fsp3) is 0.476. The fourth-order valence-corrected chi connectivity index (χ4v) is 4.13. The lowest BCUT2D eigenvalue weighted by molar-refractivity contribution is 0.194. The van der Waals surface area contributed by atoms with Gasteiger partial charge < -0.3 is 10.1 Å². The lowest BCUT2D eigenvalue weighted by Gasteiger charge is -2.33. The van der Waals surface area contributed by atoms with Crippen molar-refractivity contribution in [1.82, 2.24) is 15.2 Å². The van der Waals surface area contributed by atoms with Crippen LogP contribution in [0.2, 0.25) is 0 Å². The highest BCUT2D eigenvalue weighted by atomic mass is 35.5. The fourth-order valence-electron chi connectivity index (χ4n) is 4.13. The van der Waals surface area contributed by atoms with Crippen LogP contribution in [0, 0.1) is 5.41 Å². The molecule has 3 heterocycles. The van der Waals surface area contributed by atoms with Crippen LogP contribution in [-0.4, -0.2) is 36.1 Å². The number of likely N-dealkylation sites (tertiary alicyclic amines) is 1. The van der Waals surface area contributed by atoms with Crippen molar-refractivity contribution >= 4 is 24.8 Å². The summed E-state index contributed by atoms with van der Waals surface area (Å²) in [5.41, 5.74) is 3.05. The van der Waals surface area contributed by atoms with Crippen LogP contribution in [0.25, 0.3) is 0 Å². The van der Waals surface area contributed by atoms with Crippen molar-refractivity contribution in [2.45, 2.75) is 32.4 Å². The second-order valence-electron chi connectivity index (χ2n) is 7.50. The zero-order valence-electron chi connectivity index (χ0n) is 15.6. The van der Waals surface area contributed by atoms with E-state index in [0.29, 0.717) is 12.0 Å². The molecule has 0 saturated carbocycles. The van der Waals surface area contributed by atoms with E-state index < -0.39 is 0 Å². The minimum Gasteiger partial charge on any atom is -0.489 e. The molecule has 0 unspecified atom stereocenters. The maximum absolute atomic E-state index is 5.85. The maximum atomic E-state index is 5.85.